The second kappa shape index (κ2) is 9.87. The maximum Gasteiger partial charge on any atom is 0.300 e. The van der Waals surface area contributed by atoms with Gasteiger partial charge in [0.1, 0.15) is 29.1 Å². The summed E-state index contributed by atoms with van der Waals surface area (Å²) in [5.74, 6) is -0.175. The molecule has 7 heteroatoms. The summed E-state index contributed by atoms with van der Waals surface area (Å²) in [4.78, 5) is 27.8. The van der Waals surface area contributed by atoms with Crippen molar-refractivity contribution in [2.45, 2.75) is 33.2 Å². The van der Waals surface area contributed by atoms with E-state index in [2.05, 4.69) is 0 Å². The molecule has 176 valence electrons. The van der Waals surface area contributed by atoms with Crippen molar-refractivity contribution in [3.63, 3.8) is 0 Å². The van der Waals surface area contributed by atoms with E-state index in [1.165, 1.54) is 11.2 Å². The molecule has 1 aromatic heterocycles. The van der Waals surface area contributed by atoms with E-state index in [9.17, 15) is 14.7 Å². The molecule has 7 nitrogen and oxygen atoms in total. The lowest BCUT2D eigenvalue weighted by atomic mass is 9.98. The van der Waals surface area contributed by atoms with Crippen LogP contribution in [0.5, 0.6) is 11.5 Å². The minimum Gasteiger partial charge on any atom is -0.507 e. The quantitative estimate of drug-likeness (QED) is 0.274. The molecule has 3 aromatic rings. The van der Waals surface area contributed by atoms with Crippen LogP contribution in [0.2, 0.25) is 0 Å². The normalized spacial score (nSPS) is 17.3. The molecular weight excluding hydrogens is 434 g/mol. The number of benzene rings is 2. The van der Waals surface area contributed by atoms with E-state index in [1.807, 2.05) is 20.8 Å². The third-order valence-corrected chi connectivity index (χ3v) is 5.57. The summed E-state index contributed by atoms with van der Waals surface area (Å²) in [6.07, 6.45) is 2.31. The minimum atomic E-state index is -0.928. The van der Waals surface area contributed by atoms with Gasteiger partial charge in [0, 0.05) is 17.3 Å². The van der Waals surface area contributed by atoms with Gasteiger partial charge in [-0.15, -0.1) is 0 Å². The molecule has 0 bridgehead atoms. The Labute approximate surface area is 198 Å². The Hall–Kier alpha value is -4.00. The van der Waals surface area contributed by atoms with E-state index in [-0.39, 0.29) is 11.3 Å². The van der Waals surface area contributed by atoms with Crippen molar-refractivity contribution in [1.29, 1.82) is 0 Å². The van der Waals surface area contributed by atoms with E-state index >= 15 is 0 Å². The molecule has 2 aromatic carbocycles. The monoisotopic (exact) mass is 461 g/mol. The first-order valence-corrected chi connectivity index (χ1v) is 11.3. The van der Waals surface area contributed by atoms with Crippen molar-refractivity contribution in [2.24, 2.45) is 0 Å². The fourth-order valence-corrected chi connectivity index (χ4v) is 4.03. The van der Waals surface area contributed by atoms with Gasteiger partial charge in [-0.3, -0.25) is 14.5 Å². The van der Waals surface area contributed by atoms with Gasteiger partial charge in [-0.1, -0.05) is 13.0 Å². The van der Waals surface area contributed by atoms with Crippen LogP contribution < -0.4 is 14.4 Å². The van der Waals surface area contributed by atoms with Gasteiger partial charge in [0.2, 0.25) is 0 Å². The van der Waals surface area contributed by atoms with Gasteiger partial charge in [0.05, 0.1) is 25.1 Å². The molecule has 0 aliphatic carbocycles. The van der Waals surface area contributed by atoms with E-state index in [4.69, 9.17) is 13.9 Å². The summed E-state index contributed by atoms with van der Waals surface area (Å²) in [7, 11) is 0. The zero-order valence-corrected chi connectivity index (χ0v) is 19.4. The molecule has 2 heterocycles. The first-order chi connectivity index (χ1) is 16.5. The summed E-state index contributed by atoms with van der Waals surface area (Å²) < 4.78 is 16.9. The lowest BCUT2D eigenvalue weighted by Crippen LogP contribution is -2.29. The summed E-state index contributed by atoms with van der Waals surface area (Å²) >= 11 is 0. The molecule has 0 spiro atoms. The molecule has 1 unspecified atom stereocenters. The molecule has 1 aliphatic rings. The van der Waals surface area contributed by atoms with Gasteiger partial charge in [-0.2, -0.15) is 0 Å². The molecule has 4 rings (SSSR count). The zero-order valence-electron chi connectivity index (χ0n) is 19.4. The maximum absolute atomic E-state index is 13.2. The summed E-state index contributed by atoms with van der Waals surface area (Å²) in [5, 5.41) is 11.2. The van der Waals surface area contributed by atoms with Gasteiger partial charge < -0.3 is 19.0 Å². The smallest absolute Gasteiger partial charge is 0.300 e. The van der Waals surface area contributed by atoms with Gasteiger partial charge >= 0.3 is 0 Å². The third-order valence-electron chi connectivity index (χ3n) is 5.57. The van der Waals surface area contributed by atoms with E-state index in [0.717, 1.165) is 12.0 Å². The summed E-state index contributed by atoms with van der Waals surface area (Å²) in [6, 6.07) is 14.5. The topological polar surface area (TPSA) is 89.2 Å². The van der Waals surface area contributed by atoms with Crippen molar-refractivity contribution in [3.05, 3.63) is 83.3 Å². The minimum absolute atomic E-state index is 0.0385. The average molecular weight is 462 g/mol. The van der Waals surface area contributed by atoms with Crippen LogP contribution >= 0.6 is 0 Å². The average Bonchev–Trinajstić information content (AvgIpc) is 3.46. The summed E-state index contributed by atoms with van der Waals surface area (Å²) in [6.45, 7) is 6.78. The number of amides is 1. The second-order valence-corrected chi connectivity index (χ2v) is 7.94. The predicted molar refractivity (Wildman–Crippen MR) is 128 cm³/mol. The molecule has 1 saturated heterocycles. The standard InChI is InChI=1S/C27H27NO6/c1-4-13-33-20-9-6-8-19(16-20)28-24(22-10-7-14-34-22)23(26(30)27(28)31)25(29)18-11-12-21(32-5-2)17(3)15-18/h6-12,14-16,24,29H,4-5,13H2,1-3H3/b25-23-. The highest BCUT2D eigenvalue weighted by Crippen LogP contribution is 2.43. The number of Topliss-reactive ketones (excluding diaryl/α,β-unsaturated/α-hetero) is 1. The largest absolute Gasteiger partial charge is 0.507 e. The van der Waals surface area contributed by atoms with Gasteiger partial charge in [-0.25, -0.2) is 0 Å². The molecule has 1 N–H and O–H groups in total. The van der Waals surface area contributed by atoms with Crippen molar-refractivity contribution in [2.75, 3.05) is 18.1 Å². The summed E-state index contributed by atoms with van der Waals surface area (Å²) in [5.41, 5.74) is 1.65. The van der Waals surface area contributed by atoms with Crippen molar-refractivity contribution >= 4 is 23.1 Å². The Morgan fingerprint density at radius 3 is 2.56 bits per heavy atom. The maximum atomic E-state index is 13.2. The Kier molecular flexibility index (Phi) is 6.72. The lowest BCUT2D eigenvalue weighted by Gasteiger charge is -2.24. The Morgan fingerprint density at radius 1 is 1.06 bits per heavy atom. The van der Waals surface area contributed by atoms with Crippen molar-refractivity contribution in [3.8, 4) is 11.5 Å². The van der Waals surface area contributed by atoms with E-state index < -0.39 is 17.7 Å². The number of ketones is 1. The number of aliphatic hydroxyl groups is 1. The second-order valence-electron chi connectivity index (χ2n) is 7.94. The van der Waals surface area contributed by atoms with Gasteiger partial charge in [-0.05, 0) is 68.3 Å². The van der Waals surface area contributed by atoms with Crippen molar-refractivity contribution in [1.82, 2.24) is 0 Å². The Balaban J connectivity index is 1.83. The van der Waals surface area contributed by atoms with Crippen LogP contribution in [0.1, 0.15) is 43.2 Å². The van der Waals surface area contributed by atoms with E-state index in [0.29, 0.717) is 41.7 Å². The number of hydrogen-bond acceptors (Lipinski definition) is 6. The predicted octanol–water partition coefficient (Wildman–Crippen LogP) is 5.40. The number of rotatable bonds is 8. The van der Waals surface area contributed by atoms with Crippen LogP contribution in [0.25, 0.3) is 5.76 Å². The van der Waals surface area contributed by atoms with Crippen LogP contribution in [0.4, 0.5) is 5.69 Å². The molecule has 0 radical (unpaired) electrons. The molecule has 34 heavy (non-hydrogen) atoms. The molecule has 1 fully saturated rings. The highest BCUT2D eigenvalue weighted by Gasteiger charge is 2.48. The number of hydrogen-bond donors (Lipinski definition) is 1. The number of nitrogens with zero attached hydrogens (tertiary/aromatic N) is 1. The fraction of sp³-hybridized carbons (Fsp3) is 0.259. The molecule has 1 amide bonds. The number of carbonyl (C=O) groups excluding carboxylic acids is 2. The van der Waals surface area contributed by atoms with Crippen molar-refractivity contribution < 1.29 is 28.6 Å². The number of furan rings is 1. The van der Waals surface area contributed by atoms with Gasteiger partial charge in [0.15, 0.2) is 0 Å². The van der Waals surface area contributed by atoms with Crippen LogP contribution in [-0.2, 0) is 9.59 Å². The third kappa shape index (κ3) is 4.29. The highest BCUT2D eigenvalue weighted by atomic mass is 16.5. The van der Waals surface area contributed by atoms with E-state index in [1.54, 1.807) is 54.6 Å². The Morgan fingerprint density at radius 2 is 1.88 bits per heavy atom. The lowest BCUT2D eigenvalue weighted by molar-refractivity contribution is -0.132. The van der Waals surface area contributed by atoms with Crippen LogP contribution in [0.15, 0.2) is 70.9 Å². The molecule has 1 atom stereocenters. The Bertz CT molecular complexity index is 1230. The van der Waals surface area contributed by atoms with Crippen LogP contribution in [0.3, 0.4) is 0 Å². The highest BCUT2D eigenvalue weighted by molar-refractivity contribution is 6.51. The zero-order chi connectivity index (χ0) is 24.2. The SMILES string of the molecule is CCCOc1cccc(N2C(=O)C(=O)/C(=C(\O)c3ccc(OCC)c(C)c3)C2c2ccco2)c1. The molecule has 1 aliphatic heterocycles. The van der Waals surface area contributed by atoms with Gasteiger partial charge in [0.25, 0.3) is 11.7 Å². The number of carbonyl (C=O) groups is 2. The molecule has 0 saturated carbocycles. The first-order valence-electron chi connectivity index (χ1n) is 11.3. The number of anilines is 1. The number of aryl methyl sites for hydroxylation is 1. The number of aliphatic hydroxyl groups excluding tert-OH is 1. The molecular formula is C27H27NO6. The van der Waals surface area contributed by atoms with Crippen LogP contribution in [-0.4, -0.2) is 30.0 Å². The van der Waals surface area contributed by atoms with Crippen LogP contribution in [0, 0.1) is 6.92 Å². The first kappa shape index (κ1) is 23.2. The fourth-order valence-electron chi connectivity index (χ4n) is 4.03. The number of ether oxygens (including phenoxy) is 2.